The molecular weight excluding hydrogens is 216 g/mol. The maximum Gasteiger partial charge on any atom is -0.00265 e. The highest BCUT2D eigenvalue weighted by Gasteiger charge is 2.23. The summed E-state index contributed by atoms with van der Waals surface area (Å²) < 4.78 is 0. The fourth-order valence-corrected chi connectivity index (χ4v) is 2.45. The second-order valence-electron chi connectivity index (χ2n) is 6.01. The molecule has 0 spiro atoms. The molecule has 18 heavy (non-hydrogen) atoms. The van der Waals surface area contributed by atoms with Crippen LogP contribution in [-0.2, 0) is 0 Å². The molecule has 0 saturated carbocycles. The molecule has 2 aromatic carbocycles. The molecule has 0 radical (unpaired) electrons. The predicted octanol–water partition coefficient (Wildman–Crippen LogP) is 5.39. The summed E-state index contributed by atoms with van der Waals surface area (Å²) in [7, 11) is 0. The van der Waals surface area contributed by atoms with Crippen LogP contribution in [0.4, 0.5) is 0 Å². The molecule has 0 heteroatoms. The average Bonchev–Trinajstić information content (AvgIpc) is 2.32. The van der Waals surface area contributed by atoms with Gasteiger partial charge in [-0.3, -0.25) is 0 Å². The van der Waals surface area contributed by atoms with Crippen LogP contribution in [0.1, 0.15) is 26.3 Å². The van der Waals surface area contributed by atoms with Gasteiger partial charge in [-0.15, -0.1) is 0 Å². The molecule has 0 heterocycles. The Kier molecular flexibility index (Phi) is 2.41. The van der Waals surface area contributed by atoms with Gasteiger partial charge in [-0.1, -0.05) is 75.4 Å². The van der Waals surface area contributed by atoms with Gasteiger partial charge in [-0.05, 0) is 33.2 Å². The lowest BCUT2D eigenvalue weighted by atomic mass is 9.77. The fourth-order valence-electron chi connectivity index (χ4n) is 2.45. The molecule has 90 valence electrons. The number of benzene rings is 2. The van der Waals surface area contributed by atoms with Gasteiger partial charge in [0.05, 0.1) is 0 Å². The van der Waals surface area contributed by atoms with Gasteiger partial charge in [0.1, 0.15) is 0 Å². The Morgan fingerprint density at radius 1 is 0.778 bits per heavy atom. The van der Waals surface area contributed by atoms with Gasteiger partial charge in [0.25, 0.3) is 0 Å². The molecule has 1 aliphatic rings. The molecule has 0 amide bonds. The van der Waals surface area contributed by atoms with Gasteiger partial charge >= 0.3 is 0 Å². The summed E-state index contributed by atoms with van der Waals surface area (Å²) >= 11 is 0. The lowest BCUT2D eigenvalue weighted by Gasteiger charge is -2.26. The Balaban J connectivity index is 2.06. The fraction of sp³-hybridized carbons (Fsp3) is 0.222. The van der Waals surface area contributed by atoms with E-state index in [4.69, 9.17) is 0 Å². The van der Waals surface area contributed by atoms with Crippen molar-refractivity contribution >= 4 is 6.08 Å². The maximum atomic E-state index is 2.28. The first kappa shape index (κ1) is 11.3. The standard InChI is InChI=1S/C18H18/c1-18(2,3)12-11-13-7-6-10-16-14-8-4-5-9-15(14)17(13)16/h4-12H,1-3H3/b12-11+. The number of hydrogen-bond donors (Lipinski definition) is 0. The molecule has 0 fully saturated rings. The molecule has 0 nitrogen and oxygen atoms in total. The Morgan fingerprint density at radius 3 is 2.17 bits per heavy atom. The van der Waals surface area contributed by atoms with Crippen molar-refractivity contribution in [1.29, 1.82) is 0 Å². The molecule has 0 atom stereocenters. The van der Waals surface area contributed by atoms with Gasteiger partial charge in [0.15, 0.2) is 0 Å². The topological polar surface area (TPSA) is 0 Å². The molecule has 0 saturated heterocycles. The molecule has 0 aromatic heterocycles. The van der Waals surface area contributed by atoms with Gasteiger partial charge in [0, 0.05) is 0 Å². The minimum Gasteiger partial charge on any atom is -0.0785 e. The van der Waals surface area contributed by atoms with Crippen LogP contribution in [0.3, 0.4) is 0 Å². The molecule has 1 aliphatic carbocycles. The second-order valence-corrected chi connectivity index (χ2v) is 6.01. The van der Waals surface area contributed by atoms with Gasteiger partial charge < -0.3 is 0 Å². The Hall–Kier alpha value is -1.82. The van der Waals surface area contributed by atoms with E-state index in [0.29, 0.717) is 0 Å². The van der Waals surface area contributed by atoms with Crippen LogP contribution in [0.5, 0.6) is 0 Å². The highest BCUT2D eigenvalue weighted by molar-refractivity contribution is 6.05. The SMILES string of the molecule is CC(C)(C)/C=C/c1cccc2c1-c1ccccc1-2. The summed E-state index contributed by atoms with van der Waals surface area (Å²) in [4.78, 5) is 0. The molecule has 0 bridgehead atoms. The van der Waals surface area contributed by atoms with E-state index >= 15 is 0 Å². The molecule has 0 N–H and O–H groups in total. The van der Waals surface area contributed by atoms with Crippen molar-refractivity contribution in [2.75, 3.05) is 0 Å². The average molecular weight is 234 g/mol. The largest absolute Gasteiger partial charge is 0.0785 e. The Labute approximate surface area is 109 Å². The van der Waals surface area contributed by atoms with Crippen molar-refractivity contribution in [3.8, 4) is 22.3 Å². The van der Waals surface area contributed by atoms with Crippen molar-refractivity contribution in [1.82, 2.24) is 0 Å². The number of rotatable bonds is 1. The van der Waals surface area contributed by atoms with E-state index in [1.54, 1.807) is 0 Å². The summed E-state index contributed by atoms with van der Waals surface area (Å²) in [5.74, 6) is 0. The highest BCUT2D eigenvalue weighted by Crippen LogP contribution is 2.48. The van der Waals surface area contributed by atoms with E-state index in [1.165, 1.54) is 27.8 Å². The van der Waals surface area contributed by atoms with E-state index in [1.807, 2.05) is 0 Å². The zero-order chi connectivity index (χ0) is 12.8. The number of allylic oxidation sites excluding steroid dienone is 1. The molecule has 0 aliphatic heterocycles. The lowest BCUT2D eigenvalue weighted by molar-refractivity contribution is 0.547. The Bertz CT molecular complexity index is 625. The molecule has 0 unspecified atom stereocenters. The third kappa shape index (κ3) is 1.78. The van der Waals surface area contributed by atoms with E-state index < -0.39 is 0 Å². The zero-order valence-electron chi connectivity index (χ0n) is 11.2. The smallest absolute Gasteiger partial charge is 0.00265 e. The van der Waals surface area contributed by atoms with Crippen LogP contribution in [-0.4, -0.2) is 0 Å². The first-order valence-corrected chi connectivity index (χ1v) is 6.48. The van der Waals surface area contributed by atoms with E-state index in [-0.39, 0.29) is 5.41 Å². The third-order valence-corrected chi connectivity index (χ3v) is 3.35. The molecule has 2 aromatic rings. The highest BCUT2D eigenvalue weighted by atomic mass is 14.3. The first-order chi connectivity index (χ1) is 8.56. The normalized spacial score (nSPS) is 13.1. The number of hydrogen-bond acceptors (Lipinski definition) is 0. The van der Waals surface area contributed by atoms with Crippen molar-refractivity contribution in [3.63, 3.8) is 0 Å². The van der Waals surface area contributed by atoms with Crippen LogP contribution in [0.15, 0.2) is 48.5 Å². The van der Waals surface area contributed by atoms with E-state index in [9.17, 15) is 0 Å². The van der Waals surface area contributed by atoms with Crippen molar-refractivity contribution in [2.45, 2.75) is 20.8 Å². The monoisotopic (exact) mass is 234 g/mol. The molecule has 3 rings (SSSR count). The van der Waals surface area contributed by atoms with Crippen LogP contribution >= 0.6 is 0 Å². The third-order valence-electron chi connectivity index (χ3n) is 3.35. The van der Waals surface area contributed by atoms with Gasteiger partial charge in [0.2, 0.25) is 0 Å². The van der Waals surface area contributed by atoms with Crippen LogP contribution in [0.2, 0.25) is 0 Å². The van der Waals surface area contributed by atoms with E-state index in [0.717, 1.165) is 0 Å². The van der Waals surface area contributed by atoms with E-state index in [2.05, 4.69) is 75.4 Å². The summed E-state index contributed by atoms with van der Waals surface area (Å²) in [6.45, 7) is 6.69. The van der Waals surface area contributed by atoms with Gasteiger partial charge in [-0.2, -0.15) is 0 Å². The molecular formula is C18H18. The van der Waals surface area contributed by atoms with Crippen molar-refractivity contribution < 1.29 is 0 Å². The van der Waals surface area contributed by atoms with Crippen LogP contribution in [0, 0.1) is 5.41 Å². The lowest BCUT2D eigenvalue weighted by Crippen LogP contribution is -2.02. The van der Waals surface area contributed by atoms with Crippen molar-refractivity contribution in [3.05, 3.63) is 54.1 Å². The minimum atomic E-state index is 0.228. The zero-order valence-corrected chi connectivity index (χ0v) is 11.2. The number of fused-ring (bicyclic) bond motifs is 4. The Morgan fingerprint density at radius 2 is 1.44 bits per heavy atom. The quantitative estimate of drug-likeness (QED) is 0.529. The van der Waals surface area contributed by atoms with Crippen LogP contribution in [0.25, 0.3) is 28.3 Å². The minimum absolute atomic E-state index is 0.228. The van der Waals surface area contributed by atoms with Crippen molar-refractivity contribution in [2.24, 2.45) is 5.41 Å². The van der Waals surface area contributed by atoms with Crippen LogP contribution < -0.4 is 0 Å². The van der Waals surface area contributed by atoms with Gasteiger partial charge in [-0.25, -0.2) is 0 Å². The summed E-state index contributed by atoms with van der Waals surface area (Å²) in [6.07, 6.45) is 4.54. The first-order valence-electron chi connectivity index (χ1n) is 6.48. The predicted molar refractivity (Wildman–Crippen MR) is 79.4 cm³/mol. The maximum absolute atomic E-state index is 2.28. The summed E-state index contributed by atoms with van der Waals surface area (Å²) in [6, 6.07) is 15.2. The summed E-state index contributed by atoms with van der Waals surface area (Å²) in [5.41, 5.74) is 7.14. The second kappa shape index (κ2) is 3.84. The summed E-state index contributed by atoms with van der Waals surface area (Å²) in [5, 5.41) is 0.